The first-order chi connectivity index (χ1) is 12.6. The maximum absolute atomic E-state index is 11.1. The Labute approximate surface area is 153 Å². The van der Waals surface area contributed by atoms with E-state index < -0.39 is 6.10 Å². The zero-order valence-corrected chi connectivity index (χ0v) is 14.9. The van der Waals surface area contributed by atoms with E-state index in [1.165, 1.54) is 14.2 Å². The molecule has 0 saturated heterocycles. The summed E-state index contributed by atoms with van der Waals surface area (Å²) in [6, 6.07) is 11.1. The van der Waals surface area contributed by atoms with Crippen LogP contribution in [0.25, 0.3) is 6.08 Å². The second-order valence-corrected chi connectivity index (χ2v) is 5.50. The first-order valence-corrected chi connectivity index (χ1v) is 8.29. The second-order valence-electron chi connectivity index (χ2n) is 5.50. The summed E-state index contributed by atoms with van der Waals surface area (Å²) in [5.41, 5.74) is 1.43. The number of ether oxygens (including phenoxy) is 3. The molecular weight excluding hydrogens is 334 g/mol. The van der Waals surface area contributed by atoms with Crippen LogP contribution in [-0.4, -0.2) is 36.9 Å². The third-order valence-electron chi connectivity index (χ3n) is 3.67. The highest BCUT2D eigenvalue weighted by Gasteiger charge is 2.08. The van der Waals surface area contributed by atoms with Crippen molar-refractivity contribution >= 4 is 12.0 Å². The number of rotatable bonds is 9. The van der Waals surface area contributed by atoms with Crippen LogP contribution in [0.15, 0.2) is 48.7 Å². The quantitative estimate of drug-likeness (QED) is 0.549. The van der Waals surface area contributed by atoms with Gasteiger partial charge in [-0.05, 0) is 24.1 Å². The minimum Gasteiger partial charge on any atom is -0.491 e. The summed E-state index contributed by atoms with van der Waals surface area (Å²) in [4.78, 5) is 15.4. The number of pyridine rings is 1. The Bertz CT molecular complexity index is 730. The smallest absolute Gasteiger partial charge is 0.305 e. The topological polar surface area (TPSA) is 77.9 Å². The molecule has 0 aliphatic heterocycles. The van der Waals surface area contributed by atoms with E-state index >= 15 is 0 Å². The molecule has 2 aromatic rings. The Morgan fingerprint density at radius 2 is 2.00 bits per heavy atom. The van der Waals surface area contributed by atoms with Crippen molar-refractivity contribution in [2.75, 3.05) is 20.8 Å². The number of hydrogen-bond acceptors (Lipinski definition) is 6. The van der Waals surface area contributed by atoms with Gasteiger partial charge in [-0.25, -0.2) is 0 Å². The van der Waals surface area contributed by atoms with Crippen molar-refractivity contribution in [2.24, 2.45) is 0 Å². The zero-order valence-electron chi connectivity index (χ0n) is 14.9. The van der Waals surface area contributed by atoms with Crippen LogP contribution in [-0.2, 0) is 9.53 Å². The fourth-order valence-electron chi connectivity index (χ4n) is 2.25. The summed E-state index contributed by atoms with van der Waals surface area (Å²) in [6.45, 7) is 0.352. The predicted octanol–water partition coefficient (Wildman–Crippen LogP) is 3.17. The van der Waals surface area contributed by atoms with Gasteiger partial charge in [-0.2, -0.15) is 0 Å². The molecule has 0 fully saturated rings. The largest absolute Gasteiger partial charge is 0.491 e. The van der Waals surface area contributed by atoms with Crippen LogP contribution in [0.4, 0.5) is 0 Å². The maximum atomic E-state index is 11.1. The van der Waals surface area contributed by atoms with Gasteiger partial charge in [0.2, 0.25) is 0 Å². The Balaban J connectivity index is 2.01. The first kappa shape index (κ1) is 19.5. The number of esters is 1. The van der Waals surface area contributed by atoms with E-state index in [4.69, 9.17) is 9.47 Å². The van der Waals surface area contributed by atoms with Crippen molar-refractivity contribution in [1.29, 1.82) is 0 Å². The van der Waals surface area contributed by atoms with Crippen molar-refractivity contribution in [3.05, 3.63) is 59.9 Å². The summed E-state index contributed by atoms with van der Waals surface area (Å²) >= 11 is 0. The van der Waals surface area contributed by atoms with Gasteiger partial charge < -0.3 is 19.3 Å². The molecule has 0 aliphatic carbocycles. The van der Waals surface area contributed by atoms with E-state index in [1.807, 2.05) is 30.3 Å². The number of aromatic nitrogens is 1. The predicted molar refractivity (Wildman–Crippen MR) is 98.0 cm³/mol. The molecule has 0 bridgehead atoms. The number of methoxy groups -OCH3 is 2. The summed E-state index contributed by atoms with van der Waals surface area (Å²) < 4.78 is 15.5. The molecule has 1 unspecified atom stereocenters. The van der Waals surface area contributed by atoms with Gasteiger partial charge in [-0.3, -0.25) is 9.78 Å². The van der Waals surface area contributed by atoms with Gasteiger partial charge >= 0.3 is 5.97 Å². The van der Waals surface area contributed by atoms with Gasteiger partial charge in [-0.15, -0.1) is 0 Å². The first-order valence-electron chi connectivity index (χ1n) is 8.29. The Kier molecular flexibility index (Phi) is 7.64. The third-order valence-corrected chi connectivity index (χ3v) is 3.67. The number of hydrogen-bond donors (Lipinski definition) is 1. The Morgan fingerprint density at radius 3 is 2.69 bits per heavy atom. The van der Waals surface area contributed by atoms with Crippen LogP contribution in [0.2, 0.25) is 0 Å². The summed E-state index contributed by atoms with van der Waals surface area (Å²) in [6.07, 6.45) is 5.05. The van der Waals surface area contributed by atoms with Crippen LogP contribution in [0.3, 0.4) is 0 Å². The molecule has 1 aromatic heterocycles. The molecule has 0 radical (unpaired) electrons. The number of aliphatic hydroxyl groups is 1. The third kappa shape index (κ3) is 5.89. The molecule has 0 spiro atoms. The van der Waals surface area contributed by atoms with E-state index in [0.717, 1.165) is 5.56 Å². The molecule has 1 heterocycles. The molecule has 26 heavy (non-hydrogen) atoms. The summed E-state index contributed by atoms with van der Waals surface area (Å²) in [5.74, 6) is 0.763. The lowest BCUT2D eigenvalue weighted by atomic mass is 10.1. The summed E-state index contributed by atoms with van der Waals surface area (Å²) in [7, 11) is 2.89. The van der Waals surface area contributed by atoms with Gasteiger partial charge in [0.15, 0.2) is 11.5 Å². The maximum Gasteiger partial charge on any atom is 0.305 e. The van der Waals surface area contributed by atoms with Gasteiger partial charge in [0, 0.05) is 12.5 Å². The van der Waals surface area contributed by atoms with E-state index in [0.29, 0.717) is 36.6 Å². The van der Waals surface area contributed by atoms with Crippen molar-refractivity contribution in [1.82, 2.24) is 4.98 Å². The van der Waals surface area contributed by atoms with E-state index in [1.54, 1.807) is 24.4 Å². The zero-order chi connectivity index (χ0) is 18.8. The van der Waals surface area contributed by atoms with Crippen LogP contribution < -0.4 is 9.47 Å². The van der Waals surface area contributed by atoms with Crippen LogP contribution in [0.1, 0.15) is 30.2 Å². The number of carbonyl (C=O) groups excluding carboxylic acids is 1. The minimum absolute atomic E-state index is 0.270. The lowest BCUT2D eigenvalue weighted by molar-refractivity contribution is -0.140. The fourth-order valence-corrected chi connectivity index (χ4v) is 2.25. The minimum atomic E-state index is -0.718. The van der Waals surface area contributed by atoms with Crippen LogP contribution >= 0.6 is 0 Å². The molecule has 0 amide bonds. The highest BCUT2D eigenvalue weighted by Crippen LogP contribution is 2.27. The van der Waals surface area contributed by atoms with Crippen LogP contribution in [0, 0.1) is 0 Å². The highest BCUT2D eigenvalue weighted by atomic mass is 16.5. The molecule has 2 rings (SSSR count). The fraction of sp³-hybridized carbons (Fsp3) is 0.300. The van der Waals surface area contributed by atoms with E-state index in [9.17, 15) is 9.90 Å². The SMILES string of the molecule is COC(=O)CCCOc1cc(/C=C/C(O)c2ccccc2)ncc1OC. The number of aliphatic hydroxyl groups excluding tert-OH is 1. The van der Waals surface area contributed by atoms with Crippen molar-refractivity contribution in [3.63, 3.8) is 0 Å². The molecule has 6 nitrogen and oxygen atoms in total. The monoisotopic (exact) mass is 357 g/mol. The van der Waals surface area contributed by atoms with E-state index in [2.05, 4.69) is 9.72 Å². The van der Waals surface area contributed by atoms with Gasteiger partial charge in [0.25, 0.3) is 0 Å². The van der Waals surface area contributed by atoms with Crippen LogP contribution in [0.5, 0.6) is 11.5 Å². The van der Waals surface area contributed by atoms with Crippen molar-refractivity contribution in [3.8, 4) is 11.5 Å². The second kappa shape index (κ2) is 10.2. The standard InChI is InChI=1S/C20H23NO5/c1-24-19-14-21-16(10-11-17(22)15-7-4-3-5-8-15)13-18(19)26-12-6-9-20(23)25-2/h3-5,7-8,10-11,13-14,17,22H,6,9,12H2,1-2H3/b11-10+. The molecule has 1 aromatic carbocycles. The van der Waals surface area contributed by atoms with E-state index in [-0.39, 0.29) is 5.97 Å². The van der Waals surface area contributed by atoms with Gasteiger partial charge in [0.05, 0.1) is 38.8 Å². The number of nitrogens with zero attached hydrogens (tertiary/aromatic N) is 1. The highest BCUT2D eigenvalue weighted by molar-refractivity contribution is 5.69. The van der Waals surface area contributed by atoms with Crippen molar-refractivity contribution in [2.45, 2.75) is 18.9 Å². The molecule has 1 atom stereocenters. The van der Waals surface area contributed by atoms with Gasteiger partial charge in [-0.1, -0.05) is 30.3 Å². The molecule has 1 N–H and O–H groups in total. The van der Waals surface area contributed by atoms with Crippen molar-refractivity contribution < 1.29 is 24.1 Å². The normalized spacial score (nSPS) is 12.0. The molecule has 0 aliphatic rings. The lowest BCUT2D eigenvalue weighted by Crippen LogP contribution is -2.05. The Hall–Kier alpha value is -2.86. The van der Waals surface area contributed by atoms with Gasteiger partial charge in [0.1, 0.15) is 0 Å². The molecular formula is C20H23NO5. The molecule has 6 heteroatoms. The Morgan fingerprint density at radius 1 is 1.23 bits per heavy atom. The molecule has 138 valence electrons. The number of benzene rings is 1. The summed E-state index contributed by atoms with van der Waals surface area (Å²) in [5, 5.41) is 10.2. The molecule has 0 saturated carbocycles. The number of carbonyl (C=O) groups is 1. The lowest BCUT2D eigenvalue weighted by Gasteiger charge is -2.11. The average Bonchev–Trinajstić information content (AvgIpc) is 2.69. The average molecular weight is 357 g/mol.